The van der Waals surface area contributed by atoms with E-state index in [0.29, 0.717) is 0 Å². The van der Waals surface area contributed by atoms with Gasteiger partial charge in [-0.05, 0) is 113 Å². The van der Waals surface area contributed by atoms with Gasteiger partial charge >= 0.3 is 0 Å². The molecule has 2 aliphatic heterocycles. The van der Waals surface area contributed by atoms with E-state index in [1.807, 2.05) is 0 Å². The number of fused-ring (bicyclic) bond motifs is 18. The lowest BCUT2D eigenvalue weighted by Crippen LogP contribution is -2.37. The van der Waals surface area contributed by atoms with Gasteiger partial charge in [0.2, 0.25) is 0 Å². The van der Waals surface area contributed by atoms with Crippen molar-refractivity contribution in [3.63, 3.8) is 0 Å². The zero-order valence-electron chi connectivity index (χ0n) is 31.9. The quantitative estimate of drug-likeness (QED) is 0.165. The first kappa shape index (κ1) is 31.6. The summed E-state index contributed by atoms with van der Waals surface area (Å²) < 4.78 is 0. The highest BCUT2D eigenvalue weighted by Crippen LogP contribution is 2.66. The summed E-state index contributed by atoms with van der Waals surface area (Å²) >= 11 is 0. The summed E-state index contributed by atoms with van der Waals surface area (Å²) in [5.41, 5.74) is 22.1. The van der Waals surface area contributed by atoms with E-state index >= 15 is 0 Å². The normalized spacial score (nSPS) is 15.8. The van der Waals surface area contributed by atoms with Crippen molar-refractivity contribution in [3.05, 3.63) is 201 Å². The Morgan fingerprint density at radius 3 is 0.963 bits per heavy atom. The third kappa shape index (κ3) is 3.86. The van der Waals surface area contributed by atoms with E-state index in [1.54, 1.807) is 0 Å². The Balaban J connectivity index is 1.31. The maximum Gasteiger partial charge on any atom is 0.0754 e. The molecular formula is C52H44N2. The van der Waals surface area contributed by atoms with Crippen LogP contribution in [0.4, 0.5) is 22.7 Å². The topological polar surface area (TPSA) is 24.1 Å². The minimum absolute atomic E-state index is 0.0102. The lowest BCUT2D eigenvalue weighted by atomic mass is 9.60. The highest BCUT2D eigenvalue weighted by atomic mass is 15.0. The summed E-state index contributed by atoms with van der Waals surface area (Å²) in [6.45, 7) is 14.0. The molecule has 7 aromatic carbocycles. The fourth-order valence-electron chi connectivity index (χ4n) is 10.5. The van der Waals surface area contributed by atoms with Gasteiger partial charge in [-0.25, -0.2) is 0 Å². The molecule has 2 heteroatoms. The van der Waals surface area contributed by atoms with Gasteiger partial charge in [0.05, 0.1) is 10.8 Å². The van der Waals surface area contributed by atoms with Gasteiger partial charge < -0.3 is 10.6 Å². The lowest BCUT2D eigenvalue weighted by molar-refractivity contribution is 0.587. The summed E-state index contributed by atoms with van der Waals surface area (Å²) in [6, 6.07) is 55.9. The van der Waals surface area contributed by atoms with E-state index in [0.717, 1.165) is 11.4 Å². The molecule has 0 amide bonds. The molecule has 2 heterocycles. The lowest BCUT2D eigenvalue weighted by Gasteiger charge is -2.45. The van der Waals surface area contributed by atoms with E-state index in [2.05, 4.69) is 198 Å². The van der Waals surface area contributed by atoms with Crippen molar-refractivity contribution in [1.29, 1.82) is 0 Å². The second-order valence-electron chi connectivity index (χ2n) is 17.9. The molecule has 0 fully saturated rings. The zero-order chi connectivity index (χ0) is 36.8. The average molecular weight is 697 g/mol. The third-order valence-electron chi connectivity index (χ3n) is 13.0. The van der Waals surface area contributed by atoms with Crippen molar-refractivity contribution in [2.24, 2.45) is 0 Å². The predicted octanol–water partition coefficient (Wildman–Crippen LogP) is 13.1. The van der Waals surface area contributed by atoms with Gasteiger partial charge in [0, 0.05) is 22.7 Å². The molecule has 2 N–H and O–H groups in total. The van der Waals surface area contributed by atoms with Crippen molar-refractivity contribution in [2.75, 3.05) is 10.6 Å². The van der Waals surface area contributed by atoms with E-state index in [-0.39, 0.29) is 10.8 Å². The molecule has 54 heavy (non-hydrogen) atoms. The van der Waals surface area contributed by atoms with Gasteiger partial charge in [-0.15, -0.1) is 0 Å². The van der Waals surface area contributed by atoms with E-state index < -0.39 is 10.8 Å². The summed E-state index contributed by atoms with van der Waals surface area (Å²) in [5, 5.41) is 8.02. The first-order chi connectivity index (χ1) is 26.0. The molecule has 0 saturated heterocycles. The Bertz CT molecular complexity index is 2470. The number of benzene rings is 7. The fraction of sp³-hybridized carbons (Fsp3) is 0.192. The Kier molecular flexibility index (Phi) is 6.11. The standard InChI is InChI=1S/C52H44N2/c1-49(2,3)31-23-25-45-41(27-31)51(37-19-11-7-15-33(37)34-16-8-12-20-38(34)51)43-29-44-48(30-47(43)53-45)54-46-26-24-32(50(4,5)6)28-42(46)52(44)39-21-13-9-17-35(39)36-18-10-14-22-40(36)52/h7-30,53-54H,1-6H3. The largest absolute Gasteiger partial charge is 0.355 e. The van der Waals surface area contributed by atoms with Gasteiger partial charge in [0.15, 0.2) is 0 Å². The Hall–Kier alpha value is -5.86. The molecule has 0 bridgehead atoms. The van der Waals surface area contributed by atoms with Crippen LogP contribution in [0.3, 0.4) is 0 Å². The molecule has 2 spiro atoms. The summed E-state index contributed by atoms with van der Waals surface area (Å²) in [6.07, 6.45) is 0. The van der Waals surface area contributed by atoms with E-state index in [4.69, 9.17) is 0 Å². The Morgan fingerprint density at radius 1 is 0.315 bits per heavy atom. The molecule has 0 aromatic heterocycles. The van der Waals surface area contributed by atoms with Crippen LogP contribution >= 0.6 is 0 Å². The summed E-state index contributed by atoms with van der Waals surface area (Å²) in [5.74, 6) is 0. The van der Waals surface area contributed by atoms with Crippen LogP contribution in [0.5, 0.6) is 0 Å². The van der Waals surface area contributed by atoms with Crippen molar-refractivity contribution < 1.29 is 0 Å². The van der Waals surface area contributed by atoms with Crippen LogP contribution in [-0.4, -0.2) is 0 Å². The second kappa shape index (κ2) is 10.4. The van der Waals surface area contributed by atoms with E-state index in [1.165, 1.54) is 89.3 Å². The predicted molar refractivity (Wildman–Crippen MR) is 225 cm³/mol. The minimum atomic E-state index is -0.522. The molecule has 262 valence electrons. The number of rotatable bonds is 0. The highest BCUT2D eigenvalue weighted by molar-refractivity contribution is 5.97. The smallest absolute Gasteiger partial charge is 0.0754 e. The van der Waals surface area contributed by atoms with Crippen LogP contribution in [0.25, 0.3) is 22.3 Å². The Morgan fingerprint density at radius 2 is 0.630 bits per heavy atom. The van der Waals surface area contributed by atoms with E-state index in [9.17, 15) is 0 Å². The van der Waals surface area contributed by atoms with Gasteiger partial charge in [0.1, 0.15) is 0 Å². The fourth-order valence-corrected chi connectivity index (χ4v) is 10.5. The molecule has 7 aromatic rings. The van der Waals surface area contributed by atoms with Crippen molar-refractivity contribution in [2.45, 2.75) is 63.2 Å². The maximum atomic E-state index is 4.01. The maximum absolute atomic E-state index is 4.01. The number of anilines is 4. The Labute approximate surface area is 318 Å². The molecule has 0 saturated carbocycles. The highest BCUT2D eigenvalue weighted by Gasteiger charge is 2.54. The molecule has 0 atom stereocenters. The van der Waals surface area contributed by atoms with Crippen LogP contribution in [0.1, 0.15) is 97.2 Å². The third-order valence-corrected chi connectivity index (χ3v) is 13.0. The number of hydrogen-bond acceptors (Lipinski definition) is 2. The van der Waals surface area contributed by atoms with Crippen molar-refractivity contribution >= 4 is 22.7 Å². The van der Waals surface area contributed by atoms with Gasteiger partial charge in [0.25, 0.3) is 0 Å². The zero-order valence-corrected chi connectivity index (χ0v) is 31.9. The molecule has 0 radical (unpaired) electrons. The van der Waals surface area contributed by atoms with Crippen LogP contribution < -0.4 is 10.6 Å². The molecule has 11 rings (SSSR count). The van der Waals surface area contributed by atoms with Crippen LogP contribution in [-0.2, 0) is 21.7 Å². The summed E-state index contributed by atoms with van der Waals surface area (Å²) in [7, 11) is 0. The molecule has 0 unspecified atom stereocenters. The SMILES string of the molecule is CC(C)(C)c1ccc2c(c1)C1(c3cc4c(cc3N2)Nc2ccc(C(C)(C)C)cc2C42c3ccccc3-c3ccccc32)c2ccccc2-c2ccccc21. The van der Waals surface area contributed by atoms with Crippen molar-refractivity contribution in [3.8, 4) is 22.3 Å². The number of nitrogens with one attached hydrogen (secondary N) is 2. The summed E-state index contributed by atoms with van der Waals surface area (Å²) in [4.78, 5) is 0. The first-order valence-corrected chi connectivity index (χ1v) is 19.4. The average Bonchev–Trinajstić information content (AvgIpc) is 3.63. The molecule has 4 aliphatic rings. The van der Waals surface area contributed by atoms with Crippen molar-refractivity contribution in [1.82, 2.24) is 0 Å². The van der Waals surface area contributed by atoms with Crippen LogP contribution in [0.2, 0.25) is 0 Å². The van der Waals surface area contributed by atoms with Crippen LogP contribution in [0.15, 0.2) is 146 Å². The molecular weight excluding hydrogens is 653 g/mol. The number of hydrogen-bond donors (Lipinski definition) is 2. The second-order valence-corrected chi connectivity index (χ2v) is 17.9. The minimum Gasteiger partial charge on any atom is -0.355 e. The van der Waals surface area contributed by atoms with Gasteiger partial charge in [-0.3, -0.25) is 0 Å². The van der Waals surface area contributed by atoms with Gasteiger partial charge in [-0.2, -0.15) is 0 Å². The molecule has 2 nitrogen and oxygen atoms in total. The van der Waals surface area contributed by atoms with Crippen LogP contribution in [0, 0.1) is 0 Å². The van der Waals surface area contributed by atoms with Gasteiger partial charge in [-0.1, -0.05) is 163 Å². The molecule has 2 aliphatic carbocycles. The first-order valence-electron chi connectivity index (χ1n) is 19.4. The monoisotopic (exact) mass is 696 g/mol.